The summed E-state index contributed by atoms with van der Waals surface area (Å²) in [6.45, 7) is 4.18. The van der Waals surface area contributed by atoms with Crippen molar-refractivity contribution in [1.29, 1.82) is 0 Å². The molecule has 0 amide bonds. The van der Waals surface area contributed by atoms with Crippen molar-refractivity contribution in [3.05, 3.63) is 12.0 Å². The van der Waals surface area contributed by atoms with E-state index in [4.69, 9.17) is 4.42 Å². The molecule has 1 aliphatic heterocycles. The van der Waals surface area contributed by atoms with E-state index in [0.29, 0.717) is 5.25 Å². The van der Waals surface area contributed by atoms with Crippen molar-refractivity contribution in [3.8, 4) is 0 Å². The van der Waals surface area contributed by atoms with E-state index in [0.717, 1.165) is 24.0 Å². The molecule has 1 aromatic heterocycles. The zero-order chi connectivity index (χ0) is 9.10. The lowest BCUT2D eigenvalue weighted by atomic mass is 10.2. The maximum atomic E-state index is 5.29. The van der Waals surface area contributed by atoms with Crippen LogP contribution in [0.3, 0.4) is 0 Å². The molecule has 1 atom stereocenters. The Morgan fingerprint density at radius 1 is 1.69 bits per heavy atom. The van der Waals surface area contributed by atoms with E-state index in [1.165, 1.54) is 12.8 Å². The molecule has 2 rings (SSSR count). The zero-order valence-corrected chi connectivity index (χ0v) is 8.56. The molecule has 0 aliphatic carbocycles. The molecule has 3 nitrogen and oxygen atoms in total. The number of thioether (sulfide) groups is 1. The van der Waals surface area contributed by atoms with Crippen LogP contribution in [0.25, 0.3) is 0 Å². The lowest BCUT2D eigenvalue weighted by molar-refractivity contribution is 0.449. The van der Waals surface area contributed by atoms with Gasteiger partial charge in [-0.3, -0.25) is 0 Å². The van der Waals surface area contributed by atoms with Crippen molar-refractivity contribution in [2.24, 2.45) is 0 Å². The minimum Gasteiger partial charge on any atom is -0.440 e. The number of aromatic nitrogens is 1. The monoisotopic (exact) mass is 198 g/mol. The average molecular weight is 198 g/mol. The van der Waals surface area contributed by atoms with Crippen LogP contribution in [0.5, 0.6) is 0 Å². The van der Waals surface area contributed by atoms with E-state index in [9.17, 15) is 0 Å². The van der Waals surface area contributed by atoms with Gasteiger partial charge in [-0.2, -0.15) is 0 Å². The number of hydrogen-bond acceptors (Lipinski definition) is 4. The van der Waals surface area contributed by atoms with Crippen LogP contribution in [0.2, 0.25) is 0 Å². The van der Waals surface area contributed by atoms with Crippen LogP contribution in [0.15, 0.2) is 15.9 Å². The van der Waals surface area contributed by atoms with Gasteiger partial charge in [0.2, 0.25) is 0 Å². The largest absolute Gasteiger partial charge is 0.440 e. The van der Waals surface area contributed by atoms with E-state index in [1.54, 1.807) is 18.0 Å². The minimum absolute atomic E-state index is 0.631. The van der Waals surface area contributed by atoms with Gasteiger partial charge < -0.3 is 9.73 Å². The maximum Gasteiger partial charge on any atom is 0.256 e. The highest BCUT2D eigenvalue weighted by molar-refractivity contribution is 7.99. The fourth-order valence-electron chi connectivity index (χ4n) is 1.45. The van der Waals surface area contributed by atoms with Gasteiger partial charge in [0.15, 0.2) is 0 Å². The van der Waals surface area contributed by atoms with Crippen LogP contribution in [-0.4, -0.2) is 23.3 Å². The van der Waals surface area contributed by atoms with Gasteiger partial charge in [0.25, 0.3) is 5.22 Å². The van der Waals surface area contributed by atoms with E-state index < -0.39 is 0 Å². The Kier molecular flexibility index (Phi) is 2.90. The molecule has 0 bridgehead atoms. The summed E-state index contributed by atoms with van der Waals surface area (Å²) in [5.74, 6) is 0. The topological polar surface area (TPSA) is 38.1 Å². The van der Waals surface area contributed by atoms with Gasteiger partial charge in [0, 0.05) is 11.8 Å². The van der Waals surface area contributed by atoms with Crippen molar-refractivity contribution in [1.82, 2.24) is 10.3 Å². The van der Waals surface area contributed by atoms with E-state index in [1.807, 2.05) is 6.92 Å². The Balaban J connectivity index is 1.89. The first-order valence-corrected chi connectivity index (χ1v) is 5.52. The molecule has 4 heteroatoms. The summed E-state index contributed by atoms with van der Waals surface area (Å²) in [5, 5.41) is 4.81. The Hall–Kier alpha value is -0.480. The predicted molar refractivity (Wildman–Crippen MR) is 53.0 cm³/mol. The normalized spacial score (nSPS) is 23.3. The number of piperidine rings is 1. The molecule has 72 valence electrons. The smallest absolute Gasteiger partial charge is 0.256 e. The molecule has 1 saturated heterocycles. The van der Waals surface area contributed by atoms with Crippen LogP contribution >= 0.6 is 11.8 Å². The number of hydrogen-bond donors (Lipinski definition) is 1. The van der Waals surface area contributed by atoms with Crippen LogP contribution < -0.4 is 5.32 Å². The highest BCUT2D eigenvalue weighted by Crippen LogP contribution is 2.26. The fourth-order valence-corrected chi connectivity index (χ4v) is 2.52. The lowest BCUT2D eigenvalue weighted by Gasteiger charge is -2.20. The van der Waals surface area contributed by atoms with Gasteiger partial charge in [-0.25, -0.2) is 4.98 Å². The highest BCUT2D eigenvalue weighted by Gasteiger charge is 2.16. The predicted octanol–water partition coefficient (Wildman–Crippen LogP) is 1.83. The van der Waals surface area contributed by atoms with Gasteiger partial charge >= 0.3 is 0 Å². The summed E-state index contributed by atoms with van der Waals surface area (Å²) in [6, 6.07) is 0. The summed E-state index contributed by atoms with van der Waals surface area (Å²) in [7, 11) is 0. The molecule has 1 fully saturated rings. The molecular formula is C9H14N2OS. The molecule has 1 unspecified atom stereocenters. The molecule has 0 spiro atoms. The Labute approximate surface area is 82.3 Å². The van der Waals surface area contributed by atoms with Crippen molar-refractivity contribution >= 4 is 11.8 Å². The molecule has 13 heavy (non-hydrogen) atoms. The Morgan fingerprint density at radius 2 is 2.62 bits per heavy atom. The summed E-state index contributed by atoms with van der Waals surface area (Å²) in [4.78, 5) is 4.27. The van der Waals surface area contributed by atoms with Gasteiger partial charge in [-0.05, 0) is 26.3 Å². The van der Waals surface area contributed by atoms with E-state index >= 15 is 0 Å². The second-order valence-corrected chi connectivity index (χ2v) is 4.59. The lowest BCUT2D eigenvalue weighted by Crippen LogP contribution is -2.31. The highest BCUT2D eigenvalue weighted by atomic mass is 32.2. The third kappa shape index (κ3) is 2.48. The number of rotatable bonds is 2. The Bertz CT molecular complexity index is 268. The summed E-state index contributed by atoms with van der Waals surface area (Å²) >= 11 is 1.75. The molecule has 1 aromatic rings. The van der Waals surface area contributed by atoms with Crippen molar-refractivity contribution in [2.45, 2.75) is 30.2 Å². The number of aryl methyl sites for hydroxylation is 1. The van der Waals surface area contributed by atoms with E-state index in [-0.39, 0.29) is 0 Å². The van der Waals surface area contributed by atoms with Crippen LogP contribution in [0, 0.1) is 6.92 Å². The molecule has 1 N–H and O–H groups in total. The summed E-state index contributed by atoms with van der Waals surface area (Å²) in [6.07, 6.45) is 4.23. The van der Waals surface area contributed by atoms with Gasteiger partial charge in [-0.15, -0.1) is 0 Å². The molecule has 0 radical (unpaired) electrons. The van der Waals surface area contributed by atoms with Gasteiger partial charge in [0.1, 0.15) is 6.26 Å². The first kappa shape index (κ1) is 9.09. The molecule has 0 aromatic carbocycles. The number of nitrogens with zero attached hydrogens (tertiary/aromatic N) is 1. The molecule has 0 saturated carbocycles. The SMILES string of the molecule is Cc1coc(SC2CCCNC2)n1. The second kappa shape index (κ2) is 4.15. The third-order valence-electron chi connectivity index (χ3n) is 2.12. The summed E-state index contributed by atoms with van der Waals surface area (Å²) in [5.41, 5.74) is 0.964. The third-order valence-corrected chi connectivity index (χ3v) is 3.24. The fraction of sp³-hybridized carbons (Fsp3) is 0.667. The van der Waals surface area contributed by atoms with Crippen LogP contribution in [-0.2, 0) is 0 Å². The number of oxazole rings is 1. The summed E-state index contributed by atoms with van der Waals surface area (Å²) < 4.78 is 5.29. The molecule has 2 heterocycles. The van der Waals surface area contributed by atoms with E-state index in [2.05, 4.69) is 10.3 Å². The van der Waals surface area contributed by atoms with Crippen LogP contribution in [0.1, 0.15) is 18.5 Å². The first-order chi connectivity index (χ1) is 6.34. The van der Waals surface area contributed by atoms with Gasteiger partial charge in [0.05, 0.1) is 5.69 Å². The zero-order valence-electron chi connectivity index (χ0n) is 7.75. The van der Waals surface area contributed by atoms with Gasteiger partial charge in [-0.1, -0.05) is 11.8 Å². The van der Waals surface area contributed by atoms with Crippen molar-refractivity contribution in [2.75, 3.05) is 13.1 Å². The Morgan fingerprint density at radius 3 is 3.23 bits per heavy atom. The van der Waals surface area contributed by atoms with Crippen LogP contribution in [0.4, 0.5) is 0 Å². The first-order valence-electron chi connectivity index (χ1n) is 4.64. The standard InChI is InChI=1S/C9H14N2OS/c1-7-6-12-9(11-7)13-8-3-2-4-10-5-8/h6,8,10H,2-5H2,1H3. The minimum atomic E-state index is 0.631. The van der Waals surface area contributed by atoms with Crippen molar-refractivity contribution < 1.29 is 4.42 Å². The molecular weight excluding hydrogens is 184 g/mol. The maximum absolute atomic E-state index is 5.29. The quantitative estimate of drug-likeness (QED) is 0.786. The van der Waals surface area contributed by atoms with Crippen molar-refractivity contribution in [3.63, 3.8) is 0 Å². The second-order valence-electron chi connectivity index (χ2n) is 3.34. The number of nitrogens with one attached hydrogen (secondary N) is 1. The molecule has 1 aliphatic rings. The average Bonchev–Trinajstić information content (AvgIpc) is 2.53.